The van der Waals surface area contributed by atoms with Crippen molar-refractivity contribution in [1.82, 2.24) is 15.0 Å². The molecule has 0 atom stereocenters. The molecule has 1 aromatic carbocycles. The van der Waals surface area contributed by atoms with Gasteiger partial charge in [-0.3, -0.25) is 0 Å². The number of rotatable bonds is 1. The molecule has 0 spiro atoms. The lowest BCUT2D eigenvalue weighted by Gasteiger charge is -2.01. The van der Waals surface area contributed by atoms with E-state index >= 15 is 0 Å². The summed E-state index contributed by atoms with van der Waals surface area (Å²) in [5.41, 5.74) is 0.900. The van der Waals surface area contributed by atoms with Gasteiger partial charge in [-0.2, -0.15) is 4.98 Å². The van der Waals surface area contributed by atoms with E-state index in [4.69, 9.17) is 11.6 Å². The van der Waals surface area contributed by atoms with E-state index in [0.717, 1.165) is 10.0 Å². The molecule has 70 valence electrons. The van der Waals surface area contributed by atoms with Crippen LogP contribution in [0.15, 0.2) is 35.1 Å². The first-order valence-corrected chi connectivity index (χ1v) is 5.04. The molecule has 1 aromatic heterocycles. The molecule has 14 heavy (non-hydrogen) atoms. The first-order chi connectivity index (χ1) is 6.77. The van der Waals surface area contributed by atoms with Crippen LogP contribution in [0.3, 0.4) is 0 Å². The van der Waals surface area contributed by atoms with Crippen molar-refractivity contribution in [2.45, 2.75) is 0 Å². The minimum Gasteiger partial charge on any atom is -0.216 e. The predicted molar refractivity (Wildman–Crippen MR) is 58.0 cm³/mol. The number of aromatic nitrogens is 3. The van der Waals surface area contributed by atoms with Crippen molar-refractivity contribution >= 4 is 27.5 Å². The molecule has 1 heterocycles. The van der Waals surface area contributed by atoms with Gasteiger partial charge in [0.25, 0.3) is 0 Å². The summed E-state index contributed by atoms with van der Waals surface area (Å²) in [6.07, 6.45) is 1.39. The van der Waals surface area contributed by atoms with Crippen LogP contribution in [0.5, 0.6) is 0 Å². The Labute approximate surface area is 94.3 Å². The molecule has 2 rings (SSSR count). The lowest BCUT2D eigenvalue weighted by Crippen LogP contribution is -1.91. The molecule has 0 aliphatic carbocycles. The molecular weight excluding hydrogens is 265 g/mol. The fourth-order valence-corrected chi connectivity index (χ4v) is 1.63. The monoisotopic (exact) mass is 269 g/mol. The molecule has 3 nitrogen and oxygen atoms in total. The zero-order valence-corrected chi connectivity index (χ0v) is 9.33. The fraction of sp³-hybridized carbons (Fsp3) is 0. The SMILES string of the molecule is Clc1ncnc(-c2ccccc2Br)n1. The number of halogens is 2. The molecule has 0 amide bonds. The molecule has 0 saturated carbocycles. The summed E-state index contributed by atoms with van der Waals surface area (Å²) < 4.78 is 0.933. The smallest absolute Gasteiger partial charge is 0.216 e. The van der Waals surface area contributed by atoms with E-state index < -0.39 is 0 Å². The van der Waals surface area contributed by atoms with Crippen LogP contribution in [-0.4, -0.2) is 15.0 Å². The summed E-state index contributed by atoms with van der Waals surface area (Å²) >= 11 is 9.08. The van der Waals surface area contributed by atoms with E-state index in [9.17, 15) is 0 Å². The van der Waals surface area contributed by atoms with Gasteiger partial charge in [0.2, 0.25) is 5.28 Å². The van der Waals surface area contributed by atoms with Gasteiger partial charge >= 0.3 is 0 Å². The molecule has 2 aromatic rings. The average molecular weight is 271 g/mol. The van der Waals surface area contributed by atoms with Crippen LogP contribution >= 0.6 is 27.5 Å². The number of hydrogen-bond acceptors (Lipinski definition) is 3. The Balaban J connectivity index is 2.55. The molecule has 0 unspecified atom stereocenters. The Bertz CT molecular complexity index is 461. The van der Waals surface area contributed by atoms with E-state index in [1.165, 1.54) is 6.33 Å². The zero-order valence-electron chi connectivity index (χ0n) is 6.98. The van der Waals surface area contributed by atoms with Crippen molar-refractivity contribution in [3.63, 3.8) is 0 Å². The second-order valence-corrected chi connectivity index (χ2v) is 3.75. The summed E-state index contributed by atoms with van der Waals surface area (Å²) in [7, 11) is 0. The highest BCUT2D eigenvalue weighted by molar-refractivity contribution is 9.10. The van der Waals surface area contributed by atoms with Crippen molar-refractivity contribution in [2.75, 3.05) is 0 Å². The predicted octanol–water partition coefficient (Wildman–Crippen LogP) is 2.95. The highest BCUT2D eigenvalue weighted by Crippen LogP contribution is 2.24. The average Bonchev–Trinajstić information content (AvgIpc) is 2.18. The maximum Gasteiger partial charge on any atom is 0.225 e. The van der Waals surface area contributed by atoms with Crippen molar-refractivity contribution in [2.24, 2.45) is 0 Å². The highest BCUT2D eigenvalue weighted by Gasteiger charge is 2.05. The van der Waals surface area contributed by atoms with Crippen molar-refractivity contribution in [3.8, 4) is 11.4 Å². The molecule has 0 N–H and O–H groups in total. The number of benzene rings is 1. The van der Waals surface area contributed by atoms with E-state index in [1.807, 2.05) is 24.3 Å². The van der Waals surface area contributed by atoms with E-state index in [-0.39, 0.29) is 5.28 Å². The van der Waals surface area contributed by atoms with Crippen LogP contribution < -0.4 is 0 Å². The van der Waals surface area contributed by atoms with Gasteiger partial charge in [0, 0.05) is 10.0 Å². The Morgan fingerprint density at radius 2 is 1.93 bits per heavy atom. The summed E-state index contributed by atoms with van der Waals surface area (Å²) in [5, 5.41) is 0.200. The number of nitrogens with zero attached hydrogens (tertiary/aromatic N) is 3. The van der Waals surface area contributed by atoms with Gasteiger partial charge in [0.15, 0.2) is 5.82 Å². The first-order valence-electron chi connectivity index (χ1n) is 3.87. The Morgan fingerprint density at radius 3 is 2.64 bits per heavy atom. The number of hydrogen-bond donors (Lipinski definition) is 0. The van der Waals surface area contributed by atoms with Gasteiger partial charge in [0.05, 0.1) is 0 Å². The normalized spacial score (nSPS) is 10.1. The lowest BCUT2D eigenvalue weighted by atomic mass is 10.2. The third-order valence-electron chi connectivity index (χ3n) is 1.66. The highest BCUT2D eigenvalue weighted by atomic mass is 79.9. The lowest BCUT2D eigenvalue weighted by molar-refractivity contribution is 1.06. The largest absolute Gasteiger partial charge is 0.225 e. The summed E-state index contributed by atoms with van der Waals surface area (Å²) in [6.45, 7) is 0. The second-order valence-electron chi connectivity index (χ2n) is 2.56. The van der Waals surface area contributed by atoms with E-state index in [0.29, 0.717) is 5.82 Å². The Kier molecular flexibility index (Phi) is 2.74. The topological polar surface area (TPSA) is 38.7 Å². The maximum atomic E-state index is 5.67. The van der Waals surface area contributed by atoms with Crippen molar-refractivity contribution in [1.29, 1.82) is 0 Å². The van der Waals surface area contributed by atoms with E-state index in [2.05, 4.69) is 30.9 Å². The van der Waals surface area contributed by atoms with Crippen LogP contribution in [0.1, 0.15) is 0 Å². The summed E-state index contributed by atoms with van der Waals surface area (Å²) in [5.74, 6) is 0.567. The Hall–Kier alpha value is -1.000. The van der Waals surface area contributed by atoms with Crippen LogP contribution in [0, 0.1) is 0 Å². The third-order valence-corrected chi connectivity index (χ3v) is 2.53. The van der Waals surface area contributed by atoms with Crippen molar-refractivity contribution in [3.05, 3.63) is 40.3 Å². The minimum atomic E-state index is 0.200. The fourth-order valence-electron chi connectivity index (χ4n) is 1.05. The quantitative estimate of drug-likeness (QED) is 0.800. The van der Waals surface area contributed by atoms with Crippen LogP contribution in [0.4, 0.5) is 0 Å². The Morgan fingerprint density at radius 1 is 1.14 bits per heavy atom. The third kappa shape index (κ3) is 1.91. The molecule has 0 saturated heterocycles. The molecular formula is C9H5BrClN3. The molecule has 0 fully saturated rings. The van der Waals surface area contributed by atoms with Crippen LogP contribution in [0.25, 0.3) is 11.4 Å². The van der Waals surface area contributed by atoms with Gasteiger partial charge in [-0.05, 0) is 17.7 Å². The van der Waals surface area contributed by atoms with Gasteiger partial charge in [-0.15, -0.1) is 0 Å². The zero-order chi connectivity index (χ0) is 9.97. The second kappa shape index (κ2) is 4.02. The minimum absolute atomic E-state index is 0.200. The van der Waals surface area contributed by atoms with Gasteiger partial charge in [-0.25, -0.2) is 9.97 Å². The molecule has 0 aliphatic rings. The standard InChI is InChI=1S/C9H5BrClN3/c10-7-4-2-1-3-6(7)8-12-5-13-9(11)14-8/h1-5H. The van der Waals surface area contributed by atoms with Crippen LogP contribution in [0.2, 0.25) is 5.28 Å². The van der Waals surface area contributed by atoms with Crippen molar-refractivity contribution < 1.29 is 0 Å². The maximum absolute atomic E-state index is 5.67. The molecule has 0 radical (unpaired) electrons. The summed E-state index contributed by atoms with van der Waals surface area (Å²) in [6, 6.07) is 7.68. The first kappa shape index (κ1) is 9.55. The van der Waals surface area contributed by atoms with E-state index in [1.54, 1.807) is 0 Å². The van der Waals surface area contributed by atoms with Gasteiger partial charge in [-0.1, -0.05) is 34.1 Å². The molecule has 0 aliphatic heterocycles. The molecule has 5 heteroatoms. The van der Waals surface area contributed by atoms with Crippen LogP contribution in [-0.2, 0) is 0 Å². The summed E-state index contributed by atoms with van der Waals surface area (Å²) in [4.78, 5) is 11.8. The van der Waals surface area contributed by atoms with Gasteiger partial charge < -0.3 is 0 Å². The van der Waals surface area contributed by atoms with Gasteiger partial charge in [0.1, 0.15) is 6.33 Å². The molecule has 0 bridgehead atoms.